The van der Waals surface area contributed by atoms with E-state index in [4.69, 9.17) is 14.8 Å². The van der Waals surface area contributed by atoms with Crippen LogP contribution in [0.5, 0.6) is 0 Å². The highest BCUT2D eigenvalue weighted by Crippen LogP contribution is 2.26. The predicted molar refractivity (Wildman–Crippen MR) is 115 cm³/mol. The molecular weight excluding hydrogens is 378 g/mol. The summed E-state index contributed by atoms with van der Waals surface area (Å²) in [5, 5.41) is 16.7. The van der Waals surface area contributed by atoms with Gasteiger partial charge in [-0.05, 0) is 24.3 Å². The number of carbonyl (C=O) groups excluding carboxylic acids is 1. The van der Waals surface area contributed by atoms with E-state index in [0.29, 0.717) is 25.3 Å². The summed E-state index contributed by atoms with van der Waals surface area (Å²) in [5.41, 5.74) is 1.61. The van der Waals surface area contributed by atoms with Crippen LogP contribution in [0.2, 0.25) is 0 Å². The second-order valence-electron chi connectivity index (χ2n) is 8.16. The Bertz CT molecular complexity index is 995. The molecule has 7 nitrogen and oxygen atoms in total. The summed E-state index contributed by atoms with van der Waals surface area (Å²) in [6, 6.07) is 17.4. The van der Waals surface area contributed by atoms with E-state index in [1.54, 1.807) is 10.9 Å². The van der Waals surface area contributed by atoms with Gasteiger partial charge in [-0.3, -0.25) is 9.69 Å². The largest absolute Gasteiger partial charge is 0.468 e. The van der Waals surface area contributed by atoms with Gasteiger partial charge in [0.25, 0.3) is 0 Å². The third kappa shape index (κ3) is 5.58. The second-order valence-corrected chi connectivity index (χ2v) is 8.16. The van der Waals surface area contributed by atoms with E-state index in [1.165, 1.54) is 0 Å². The fourth-order valence-corrected chi connectivity index (χ4v) is 3.03. The molecule has 0 aliphatic rings. The third-order valence-corrected chi connectivity index (χ3v) is 4.61. The van der Waals surface area contributed by atoms with Crippen LogP contribution in [0.1, 0.15) is 38.6 Å². The van der Waals surface area contributed by atoms with E-state index in [0.717, 1.165) is 17.1 Å². The smallest absolute Gasteiger partial charge is 0.239 e. The molecule has 0 unspecified atom stereocenters. The van der Waals surface area contributed by atoms with Crippen molar-refractivity contribution in [2.24, 2.45) is 0 Å². The quantitative estimate of drug-likeness (QED) is 0.609. The van der Waals surface area contributed by atoms with Crippen LogP contribution in [0.3, 0.4) is 0 Å². The van der Waals surface area contributed by atoms with E-state index >= 15 is 0 Å². The van der Waals surface area contributed by atoms with Crippen molar-refractivity contribution in [3.8, 4) is 11.8 Å². The van der Waals surface area contributed by atoms with Gasteiger partial charge in [0.1, 0.15) is 11.6 Å². The first-order chi connectivity index (χ1) is 14.4. The van der Waals surface area contributed by atoms with Crippen LogP contribution in [0.25, 0.3) is 5.69 Å². The van der Waals surface area contributed by atoms with E-state index in [1.807, 2.05) is 53.4 Å². The van der Waals surface area contributed by atoms with Crippen molar-refractivity contribution in [1.82, 2.24) is 14.7 Å². The minimum Gasteiger partial charge on any atom is -0.468 e. The third-order valence-electron chi connectivity index (χ3n) is 4.61. The van der Waals surface area contributed by atoms with Crippen molar-refractivity contribution in [2.45, 2.75) is 39.2 Å². The molecule has 0 bridgehead atoms. The number of carbonyl (C=O) groups is 1. The van der Waals surface area contributed by atoms with Crippen LogP contribution in [-0.2, 0) is 16.8 Å². The molecule has 2 heterocycles. The maximum absolute atomic E-state index is 12.8. The normalized spacial score (nSPS) is 11.4. The Morgan fingerprint density at radius 1 is 1.23 bits per heavy atom. The SMILES string of the molecule is CC(C)(C)c1cc(NC(=O)CN(CCC#N)Cc2ccco2)n(-c2ccccc2)n1. The average molecular weight is 406 g/mol. The Labute approximate surface area is 176 Å². The first-order valence-electron chi connectivity index (χ1n) is 9.94. The number of nitriles is 1. The van der Waals surface area contributed by atoms with Crippen molar-refractivity contribution in [1.29, 1.82) is 5.26 Å². The summed E-state index contributed by atoms with van der Waals surface area (Å²) < 4.78 is 7.15. The molecule has 3 aromatic rings. The molecule has 0 radical (unpaired) electrons. The van der Waals surface area contributed by atoms with E-state index < -0.39 is 0 Å². The number of anilines is 1. The molecular formula is C23H27N5O2. The van der Waals surface area contributed by atoms with E-state index in [9.17, 15) is 4.79 Å². The van der Waals surface area contributed by atoms with Crippen molar-refractivity contribution < 1.29 is 9.21 Å². The maximum Gasteiger partial charge on any atom is 0.239 e. The minimum atomic E-state index is -0.169. The topological polar surface area (TPSA) is 87.1 Å². The number of nitrogens with one attached hydrogen (secondary N) is 1. The molecule has 2 aromatic heterocycles. The molecule has 3 rings (SSSR count). The predicted octanol–water partition coefficient (Wildman–Crippen LogP) is 4.12. The summed E-state index contributed by atoms with van der Waals surface area (Å²) in [4.78, 5) is 14.7. The van der Waals surface area contributed by atoms with Gasteiger partial charge in [-0.15, -0.1) is 0 Å². The molecule has 1 N–H and O–H groups in total. The Kier molecular flexibility index (Phi) is 6.70. The van der Waals surface area contributed by atoms with Crippen LogP contribution in [-0.4, -0.2) is 33.7 Å². The van der Waals surface area contributed by atoms with E-state index in [2.05, 4.69) is 32.2 Å². The lowest BCUT2D eigenvalue weighted by molar-refractivity contribution is -0.117. The fourth-order valence-electron chi connectivity index (χ4n) is 3.03. The van der Waals surface area contributed by atoms with Gasteiger partial charge >= 0.3 is 0 Å². The van der Waals surface area contributed by atoms with Gasteiger partial charge < -0.3 is 9.73 Å². The molecule has 0 aliphatic carbocycles. The minimum absolute atomic E-state index is 0.146. The Hall–Kier alpha value is -3.37. The highest BCUT2D eigenvalue weighted by atomic mass is 16.3. The van der Waals surface area contributed by atoms with Crippen molar-refractivity contribution in [3.05, 3.63) is 66.2 Å². The molecule has 1 aromatic carbocycles. The standard InChI is InChI=1S/C23H27N5O2/c1-23(2,3)20-15-21(28(26-20)18-9-5-4-6-10-18)25-22(29)17-27(13-8-12-24)16-19-11-7-14-30-19/h4-7,9-11,14-15H,8,13,16-17H2,1-3H3,(H,25,29). The van der Waals surface area contributed by atoms with Crippen LogP contribution < -0.4 is 5.32 Å². The zero-order valence-corrected chi connectivity index (χ0v) is 17.6. The Morgan fingerprint density at radius 2 is 2.00 bits per heavy atom. The van der Waals surface area contributed by atoms with Gasteiger partial charge in [-0.25, -0.2) is 4.68 Å². The zero-order valence-electron chi connectivity index (χ0n) is 17.6. The second kappa shape index (κ2) is 9.42. The lowest BCUT2D eigenvalue weighted by atomic mass is 9.92. The van der Waals surface area contributed by atoms with Gasteiger partial charge in [-0.1, -0.05) is 39.0 Å². The van der Waals surface area contributed by atoms with Crippen molar-refractivity contribution >= 4 is 11.7 Å². The van der Waals surface area contributed by atoms with Gasteiger partial charge in [0.05, 0.1) is 36.8 Å². The Morgan fingerprint density at radius 3 is 2.63 bits per heavy atom. The van der Waals surface area contributed by atoms with Gasteiger partial charge in [0, 0.05) is 24.4 Å². The van der Waals surface area contributed by atoms with E-state index in [-0.39, 0.29) is 17.9 Å². The number of rotatable bonds is 8. The van der Waals surface area contributed by atoms with Crippen LogP contribution in [0, 0.1) is 11.3 Å². The number of amides is 1. The number of nitrogens with zero attached hydrogens (tertiary/aromatic N) is 4. The highest BCUT2D eigenvalue weighted by Gasteiger charge is 2.22. The molecule has 0 fully saturated rings. The number of aromatic nitrogens is 2. The van der Waals surface area contributed by atoms with Crippen LogP contribution >= 0.6 is 0 Å². The lowest BCUT2D eigenvalue weighted by Gasteiger charge is -2.19. The van der Waals surface area contributed by atoms with Gasteiger partial charge in [0.2, 0.25) is 5.91 Å². The highest BCUT2D eigenvalue weighted by molar-refractivity contribution is 5.91. The van der Waals surface area contributed by atoms with Crippen molar-refractivity contribution in [3.63, 3.8) is 0 Å². The van der Waals surface area contributed by atoms with Gasteiger partial charge in [0.15, 0.2) is 0 Å². The summed E-state index contributed by atoms with van der Waals surface area (Å²) in [6.45, 7) is 7.35. The summed E-state index contributed by atoms with van der Waals surface area (Å²) in [6.07, 6.45) is 1.94. The molecule has 30 heavy (non-hydrogen) atoms. The number of hydrogen-bond donors (Lipinski definition) is 1. The van der Waals surface area contributed by atoms with Gasteiger partial charge in [-0.2, -0.15) is 10.4 Å². The molecule has 1 amide bonds. The van der Waals surface area contributed by atoms with Crippen LogP contribution in [0.4, 0.5) is 5.82 Å². The molecule has 0 atom stereocenters. The first-order valence-corrected chi connectivity index (χ1v) is 9.94. The number of hydrogen-bond acceptors (Lipinski definition) is 5. The molecule has 7 heteroatoms. The van der Waals surface area contributed by atoms with Crippen molar-refractivity contribution in [2.75, 3.05) is 18.4 Å². The monoisotopic (exact) mass is 405 g/mol. The first kappa shape index (κ1) is 21.3. The Balaban J connectivity index is 1.79. The molecule has 156 valence electrons. The van der Waals surface area contributed by atoms with Crippen LogP contribution in [0.15, 0.2) is 59.2 Å². The summed E-state index contributed by atoms with van der Waals surface area (Å²) >= 11 is 0. The lowest BCUT2D eigenvalue weighted by Crippen LogP contribution is -2.34. The zero-order chi connectivity index (χ0) is 21.6. The number of para-hydroxylation sites is 1. The molecule has 0 spiro atoms. The summed E-state index contributed by atoms with van der Waals surface area (Å²) in [5.74, 6) is 1.21. The summed E-state index contributed by atoms with van der Waals surface area (Å²) in [7, 11) is 0. The maximum atomic E-state index is 12.8. The molecule has 0 saturated carbocycles. The molecule has 0 saturated heterocycles. The number of benzene rings is 1. The fraction of sp³-hybridized carbons (Fsp3) is 0.348. The number of furan rings is 1. The average Bonchev–Trinajstić information content (AvgIpc) is 3.36. The molecule has 0 aliphatic heterocycles.